The molecule has 0 spiro atoms. The van der Waals surface area contributed by atoms with Crippen LogP contribution in [0.15, 0.2) is 63.6 Å². The first kappa shape index (κ1) is 16.0. The van der Waals surface area contributed by atoms with Crippen LogP contribution in [0, 0.1) is 0 Å². The van der Waals surface area contributed by atoms with E-state index in [0.29, 0.717) is 36.8 Å². The van der Waals surface area contributed by atoms with Gasteiger partial charge in [-0.15, -0.1) is 0 Å². The molecule has 1 fully saturated rings. The molecule has 2 aromatic carbocycles. The van der Waals surface area contributed by atoms with Gasteiger partial charge in [-0.1, -0.05) is 47.6 Å². The van der Waals surface area contributed by atoms with Crippen molar-refractivity contribution in [2.45, 2.75) is 12.3 Å². The Hall–Kier alpha value is -2.47. The Morgan fingerprint density at radius 3 is 2.60 bits per heavy atom. The minimum Gasteiger partial charge on any atom is -0.339 e. The molecule has 1 aromatic heterocycles. The maximum absolute atomic E-state index is 12.5. The van der Waals surface area contributed by atoms with Crippen molar-refractivity contribution in [3.8, 4) is 0 Å². The summed E-state index contributed by atoms with van der Waals surface area (Å²) >= 11 is 3.42. The molecule has 0 unspecified atom stereocenters. The summed E-state index contributed by atoms with van der Waals surface area (Å²) in [7, 11) is 0. The molecular weight excluding hydrogens is 382 g/mol. The number of carbonyl (C=O) groups excluding carboxylic acids is 1. The standard InChI is InChI=1S/C19H16BrN3O2/c20-16-9-5-4-8-15(16)19(24)23-11-14(12-23)18-21-17(22-25-18)10-13-6-2-1-3-7-13/h1-9,14H,10-12H2. The Bertz CT molecular complexity index is 888. The van der Waals surface area contributed by atoms with E-state index in [0.717, 1.165) is 10.0 Å². The number of nitrogens with zero attached hydrogens (tertiary/aromatic N) is 3. The molecule has 1 amide bonds. The van der Waals surface area contributed by atoms with Gasteiger partial charge in [-0.25, -0.2) is 0 Å². The largest absolute Gasteiger partial charge is 0.339 e. The van der Waals surface area contributed by atoms with Crippen LogP contribution >= 0.6 is 15.9 Å². The van der Waals surface area contributed by atoms with E-state index in [1.165, 1.54) is 0 Å². The van der Waals surface area contributed by atoms with Crippen LogP contribution in [0.5, 0.6) is 0 Å². The summed E-state index contributed by atoms with van der Waals surface area (Å²) in [5.74, 6) is 1.43. The van der Waals surface area contributed by atoms with Gasteiger partial charge in [0.25, 0.3) is 5.91 Å². The normalized spacial score (nSPS) is 14.4. The first-order valence-corrected chi connectivity index (χ1v) is 8.90. The van der Waals surface area contributed by atoms with E-state index < -0.39 is 0 Å². The molecule has 0 N–H and O–H groups in total. The number of aromatic nitrogens is 2. The minimum atomic E-state index is 0.0211. The SMILES string of the molecule is O=C(c1ccccc1Br)N1CC(c2nc(Cc3ccccc3)no2)C1. The minimum absolute atomic E-state index is 0.0211. The molecule has 2 heterocycles. The number of rotatable bonds is 4. The molecule has 6 heteroatoms. The Labute approximate surface area is 153 Å². The summed E-state index contributed by atoms with van der Waals surface area (Å²) in [6, 6.07) is 17.5. The zero-order chi connectivity index (χ0) is 17.2. The van der Waals surface area contributed by atoms with Crippen molar-refractivity contribution in [2.75, 3.05) is 13.1 Å². The topological polar surface area (TPSA) is 59.2 Å². The molecule has 126 valence electrons. The zero-order valence-electron chi connectivity index (χ0n) is 13.4. The van der Waals surface area contributed by atoms with Gasteiger partial charge in [-0.2, -0.15) is 4.98 Å². The van der Waals surface area contributed by atoms with E-state index in [4.69, 9.17) is 4.52 Å². The second kappa shape index (κ2) is 6.80. The molecule has 1 saturated heterocycles. The molecule has 25 heavy (non-hydrogen) atoms. The highest BCUT2D eigenvalue weighted by Gasteiger charge is 2.36. The second-order valence-corrected chi connectivity index (χ2v) is 6.95. The zero-order valence-corrected chi connectivity index (χ0v) is 15.0. The molecular formula is C19H16BrN3O2. The summed E-state index contributed by atoms with van der Waals surface area (Å²) in [4.78, 5) is 18.8. The van der Waals surface area contributed by atoms with Crippen LogP contribution < -0.4 is 0 Å². The fraction of sp³-hybridized carbons (Fsp3) is 0.211. The second-order valence-electron chi connectivity index (χ2n) is 6.10. The molecule has 1 aliphatic heterocycles. The van der Waals surface area contributed by atoms with Crippen molar-refractivity contribution < 1.29 is 9.32 Å². The molecule has 0 saturated carbocycles. The smallest absolute Gasteiger partial charge is 0.255 e. The van der Waals surface area contributed by atoms with Gasteiger partial charge >= 0.3 is 0 Å². The average molecular weight is 398 g/mol. The van der Waals surface area contributed by atoms with Crippen LogP contribution in [0.25, 0.3) is 0 Å². The van der Waals surface area contributed by atoms with Crippen LogP contribution in [0.2, 0.25) is 0 Å². The number of hydrogen-bond donors (Lipinski definition) is 0. The lowest BCUT2D eigenvalue weighted by molar-refractivity contribution is 0.0568. The lowest BCUT2D eigenvalue weighted by Gasteiger charge is -2.37. The van der Waals surface area contributed by atoms with E-state index in [1.54, 1.807) is 4.90 Å². The first-order chi connectivity index (χ1) is 12.2. The lowest BCUT2D eigenvalue weighted by Crippen LogP contribution is -2.48. The van der Waals surface area contributed by atoms with Crippen molar-refractivity contribution in [3.63, 3.8) is 0 Å². The maximum atomic E-state index is 12.5. The third kappa shape index (κ3) is 3.35. The van der Waals surface area contributed by atoms with Gasteiger partial charge in [-0.05, 0) is 33.6 Å². The number of hydrogen-bond acceptors (Lipinski definition) is 4. The maximum Gasteiger partial charge on any atom is 0.255 e. The molecule has 1 aliphatic rings. The molecule has 0 bridgehead atoms. The molecule has 0 aliphatic carbocycles. The predicted molar refractivity (Wildman–Crippen MR) is 96.3 cm³/mol. The molecule has 0 atom stereocenters. The molecule has 3 aromatic rings. The highest BCUT2D eigenvalue weighted by molar-refractivity contribution is 9.10. The number of halogens is 1. The van der Waals surface area contributed by atoms with Crippen molar-refractivity contribution in [1.82, 2.24) is 15.0 Å². The van der Waals surface area contributed by atoms with Crippen molar-refractivity contribution in [2.24, 2.45) is 0 Å². The van der Waals surface area contributed by atoms with Gasteiger partial charge in [0.2, 0.25) is 5.89 Å². The first-order valence-electron chi connectivity index (χ1n) is 8.11. The number of likely N-dealkylation sites (tertiary alicyclic amines) is 1. The van der Waals surface area contributed by atoms with Crippen LogP contribution in [0.4, 0.5) is 0 Å². The van der Waals surface area contributed by atoms with E-state index >= 15 is 0 Å². The van der Waals surface area contributed by atoms with Crippen LogP contribution in [-0.2, 0) is 6.42 Å². The number of carbonyl (C=O) groups is 1. The molecule has 0 radical (unpaired) electrons. The Balaban J connectivity index is 1.38. The average Bonchev–Trinajstić information content (AvgIpc) is 3.03. The van der Waals surface area contributed by atoms with Gasteiger partial charge in [-0.3, -0.25) is 4.79 Å². The number of benzene rings is 2. The summed E-state index contributed by atoms with van der Waals surface area (Å²) in [5.41, 5.74) is 1.82. The lowest BCUT2D eigenvalue weighted by atomic mass is 9.98. The highest BCUT2D eigenvalue weighted by Crippen LogP contribution is 2.29. The molecule has 4 rings (SSSR count). The summed E-state index contributed by atoms with van der Waals surface area (Å²) in [6.07, 6.45) is 0.649. The number of amides is 1. The van der Waals surface area contributed by atoms with Crippen molar-refractivity contribution in [3.05, 3.63) is 81.9 Å². The van der Waals surface area contributed by atoms with Gasteiger partial charge in [0.05, 0.1) is 11.5 Å². The van der Waals surface area contributed by atoms with Gasteiger partial charge in [0.1, 0.15) is 0 Å². The third-order valence-corrected chi connectivity index (χ3v) is 5.00. The molecule has 5 nitrogen and oxygen atoms in total. The van der Waals surface area contributed by atoms with E-state index in [-0.39, 0.29) is 11.8 Å². The Kier molecular flexibility index (Phi) is 4.36. The fourth-order valence-corrected chi connectivity index (χ4v) is 3.34. The Morgan fingerprint density at radius 2 is 1.84 bits per heavy atom. The fourth-order valence-electron chi connectivity index (χ4n) is 2.89. The van der Waals surface area contributed by atoms with Crippen LogP contribution in [-0.4, -0.2) is 34.0 Å². The highest BCUT2D eigenvalue weighted by atomic mass is 79.9. The van der Waals surface area contributed by atoms with Gasteiger partial charge in [0.15, 0.2) is 5.82 Å². The van der Waals surface area contributed by atoms with Crippen LogP contribution in [0.3, 0.4) is 0 Å². The monoisotopic (exact) mass is 397 g/mol. The third-order valence-electron chi connectivity index (χ3n) is 4.31. The van der Waals surface area contributed by atoms with E-state index in [9.17, 15) is 4.79 Å². The quantitative estimate of drug-likeness (QED) is 0.673. The Morgan fingerprint density at radius 1 is 1.12 bits per heavy atom. The van der Waals surface area contributed by atoms with Crippen molar-refractivity contribution in [1.29, 1.82) is 0 Å². The van der Waals surface area contributed by atoms with E-state index in [2.05, 4.69) is 26.1 Å². The summed E-state index contributed by atoms with van der Waals surface area (Å²) < 4.78 is 6.20. The predicted octanol–water partition coefficient (Wildman–Crippen LogP) is 3.66. The van der Waals surface area contributed by atoms with Gasteiger partial charge < -0.3 is 9.42 Å². The van der Waals surface area contributed by atoms with E-state index in [1.807, 2.05) is 54.6 Å². The summed E-state index contributed by atoms with van der Waals surface area (Å²) in [5, 5.41) is 4.06. The van der Waals surface area contributed by atoms with Crippen LogP contribution in [0.1, 0.15) is 33.6 Å². The summed E-state index contributed by atoms with van der Waals surface area (Å²) in [6.45, 7) is 1.21. The van der Waals surface area contributed by atoms with Gasteiger partial charge in [0, 0.05) is 24.0 Å². The van der Waals surface area contributed by atoms with Crippen molar-refractivity contribution >= 4 is 21.8 Å².